The summed E-state index contributed by atoms with van der Waals surface area (Å²) in [7, 11) is 0. The molecule has 95 heavy (non-hydrogen) atoms. The lowest BCUT2D eigenvalue weighted by Crippen LogP contribution is -2.66. The molecule has 0 aromatic rings. The van der Waals surface area contributed by atoms with Gasteiger partial charge in [0.25, 0.3) is 0 Å². The fourth-order valence-corrected chi connectivity index (χ4v) is 11.8. The van der Waals surface area contributed by atoms with Crippen molar-refractivity contribution >= 4 is 5.91 Å². The van der Waals surface area contributed by atoms with Crippen molar-refractivity contribution in [2.24, 2.45) is 0 Å². The normalized spacial score (nSPS) is 27.9. The Bertz CT molecular complexity index is 2140. The van der Waals surface area contributed by atoms with Gasteiger partial charge in [-0.1, -0.05) is 245 Å². The van der Waals surface area contributed by atoms with Gasteiger partial charge in [0.2, 0.25) is 5.91 Å². The van der Waals surface area contributed by atoms with E-state index in [0.717, 1.165) is 77.0 Å². The molecule has 0 spiro atoms. The van der Waals surface area contributed by atoms with Crippen molar-refractivity contribution < 1.29 is 89.4 Å². The lowest BCUT2D eigenvalue weighted by molar-refractivity contribution is -0.379. The Hall–Kier alpha value is -3.55. The first-order chi connectivity index (χ1) is 46.3. The van der Waals surface area contributed by atoms with Crippen LogP contribution >= 0.6 is 0 Å². The van der Waals surface area contributed by atoms with Crippen molar-refractivity contribution in [2.75, 3.05) is 26.4 Å². The number of nitrogens with one attached hydrogen (secondary N) is 1. The van der Waals surface area contributed by atoms with E-state index in [9.17, 15) is 61.0 Å². The van der Waals surface area contributed by atoms with Crippen LogP contribution in [0.1, 0.15) is 232 Å². The summed E-state index contributed by atoms with van der Waals surface area (Å²) in [5, 5.41) is 120. The molecule has 3 heterocycles. The van der Waals surface area contributed by atoms with E-state index in [-0.39, 0.29) is 18.9 Å². The largest absolute Gasteiger partial charge is 0.394 e. The number of hydrogen-bond acceptors (Lipinski definition) is 18. The summed E-state index contributed by atoms with van der Waals surface area (Å²) in [5.41, 5.74) is 0. The van der Waals surface area contributed by atoms with Crippen LogP contribution in [0.5, 0.6) is 0 Å². The van der Waals surface area contributed by atoms with E-state index in [2.05, 4.69) is 103 Å². The zero-order chi connectivity index (χ0) is 68.9. The van der Waals surface area contributed by atoms with Crippen LogP contribution in [0.15, 0.2) is 109 Å². The van der Waals surface area contributed by atoms with E-state index in [4.69, 9.17) is 28.4 Å². The predicted octanol–water partition coefficient (Wildman–Crippen LogP) is 10.6. The zero-order valence-corrected chi connectivity index (χ0v) is 57.9. The number of amides is 1. The second-order valence-corrected chi connectivity index (χ2v) is 25.7. The molecule has 12 N–H and O–H groups in total. The number of hydrogen-bond donors (Lipinski definition) is 12. The number of carbonyl (C=O) groups excluding carboxylic acids is 1. The highest BCUT2D eigenvalue weighted by Crippen LogP contribution is 2.33. The van der Waals surface area contributed by atoms with Gasteiger partial charge in [-0.15, -0.1) is 0 Å². The Balaban J connectivity index is 1.25. The molecule has 0 aromatic heterocycles. The molecule has 3 aliphatic rings. The summed E-state index contributed by atoms with van der Waals surface area (Å²) in [4.78, 5) is 13.3. The van der Waals surface area contributed by atoms with E-state index < -0.39 is 124 Å². The third-order valence-electron chi connectivity index (χ3n) is 17.6. The molecule has 0 bridgehead atoms. The summed E-state index contributed by atoms with van der Waals surface area (Å²) < 4.78 is 34.2. The van der Waals surface area contributed by atoms with Crippen molar-refractivity contribution in [1.29, 1.82) is 0 Å². The maximum Gasteiger partial charge on any atom is 0.220 e. The standard InChI is InChI=1S/C76H129NO18/c1-3-5-7-9-11-13-14-15-16-17-18-19-20-21-22-23-24-25-26-27-28-29-30-31-32-33-34-35-36-37-38-39-40-41-42-43-44-46-48-50-52-54-64(82)77-59(60(81)53-51-49-47-45-12-10-8-6-4-2)58-90-74-70(88)67(85)72(62(56-79)92-74)95-76-71(89)68(86)73(63(57-80)93-76)94-75-69(87)66(84)65(83)61(55-78)91-75/h4-7,11-13,15-16,18-19,21-22,24-25,45,51,53,59-63,65-76,78-81,83-89H,3,8-10,14,17,20,23,26-44,46-50,52,54-58H2,1-2H3,(H,77,82)/b6-4+,7-5-,13-11-,16-15-,19-18-,22-21-,25-24-,45-12+,53-51+. The van der Waals surface area contributed by atoms with Crippen molar-refractivity contribution in [2.45, 2.75) is 336 Å². The highest BCUT2D eigenvalue weighted by Gasteiger charge is 2.53. The van der Waals surface area contributed by atoms with E-state index in [1.807, 2.05) is 19.1 Å². The Kier molecular flexibility index (Phi) is 50.7. The van der Waals surface area contributed by atoms with Crippen molar-refractivity contribution in [3.63, 3.8) is 0 Å². The molecule has 3 saturated heterocycles. The number of rotatable bonds is 55. The van der Waals surface area contributed by atoms with Gasteiger partial charge in [-0.2, -0.15) is 0 Å². The van der Waals surface area contributed by atoms with Crippen LogP contribution in [0.4, 0.5) is 0 Å². The first kappa shape index (κ1) is 85.7. The molecule has 0 aliphatic carbocycles. The SMILES string of the molecule is C/C=C/CC/C=C/CC/C=C/C(O)C(COC1OC(CO)C(OC2OC(CO)C(OC3OC(CO)C(O)C(O)C3O)C(O)C2O)C(O)C1O)NC(=O)CCCCCCCCCCCCCCCCCCCCCCCC/C=C\C/C=C\C/C=C\C/C=C\C/C=C\C/C=C\CC. The van der Waals surface area contributed by atoms with Crippen molar-refractivity contribution in [3.8, 4) is 0 Å². The van der Waals surface area contributed by atoms with Gasteiger partial charge in [0.15, 0.2) is 18.9 Å². The smallest absolute Gasteiger partial charge is 0.220 e. The van der Waals surface area contributed by atoms with Crippen molar-refractivity contribution in [3.05, 3.63) is 109 Å². The molecular weight excluding hydrogens is 1210 g/mol. The molecule has 0 saturated carbocycles. The van der Waals surface area contributed by atoms with Gasteiger partial charge in [-0.25, -0.2) is 0 Å². The first-order valence-corrected chi connectivity index (χ1v) is 36.6. The third-order valence-corrected chi connectivity index (χ3v) is 17.6. The first-order valence-electron chi connectivity index (χ1n) is 36.6. The highest BCUT2D eigenvalue weighted by atomic mass is 16.8. The molecule has 0 aromatic carbocycles. The van der Waals surface area contributed by atoms with Crippen LogP contribution < -0.4 is 5.32 Å². The summed E-state index contributed by atoms with van der Waals surface area (Å²) in [6.45, 7) is 1.33. The van der Waals surface area contributed by atoms with E-state index >= 15 is 0 Å². The summed E-state index contributed by atoms with van der Waals surface area (Å²) in [5.74, 6) is -0.294. The van der Waals surface area contributed by atoms with E-state index in [1.165, 1.54) is 122 Å². The Morgan fingerprint density at radius 3 is 1.18 bits per heavy atom. The van der Waals surface area contributed by atoms with Crippen LogP contribution in [-0.4, -0.2) is 193 Å². The van der Waals surface area contributed by atoms with Crippen LogP contribution in [0, 0.1) is 0 Å². The Labute approximate surface area is 570 Å². The molecule has 0 radical (unpaired) electrons. The summed E-state index contributed by atoms with van der Waals surface area (Å²) in [6.07, 6.45) is 50.1. The molecule has 3 fully saturated rings. The number of carbonyl (C=O) groups is 1. The number of ether oxygens (including phenoxy) is 6. The minimum Gasteiger partial charge on any atom is -0.394 e. The predicted molar refractivity (Wildman–Crippen MR) is 374 cm³/mol. The lowest BCUT2D eigenvalue weighted by Gasteiger charge is -2.48. The van der Waals surface area contributed by atoms with Crippen LogP contribution in [0.25, 0.3) is 0 Å². The zero-order valence-electron chi connectivity index (χ0n) is 57.9. The Morgan fingerprint density at radius 2 is 0.747 bits per heavy atom. The average molecular weight is 1340 g/mol. The maximum atomic E-state index is 13.3. The van der Waals surface area contributed by atoms with Gasteiger partial charge in [0, 0.05) is 6.42 Å². The molecular formula is C76H129NO18. The highest BCUT2D eigenvalue weighted by molar-refractivity contribution is 5.76. The molecule has 17 atom stereocenters. The average Bonchev–Trinajstić information content (AvgIpc) is 0.795. The Morgan fingerprint density at radius 1 is 0.400 bits per heavy atom. The minimum atomic E-state index is -1.98. The fourth-order valence-electron chi connectivity index (χ4n) is 11.8. The quantitative estimate of drug-likeness (QED) is 0.0199. The second kappa shape index (κ2) is 56.2. The van der Waals surface area contributed by atoms with E-state index in [0.29, 0.717) is 12.8 Å². The van der Waals surface area contributed by atoms with Crippen LogP contribution in [-0.2, 0) is 33.2 Å². The van der Waals surface area contributed by atoms with E-state index in [1.54, 1.807) is 6.08 Å². The third kappa shape index (κ3) is 37.5. The molecule has 19 heteroatoms. The van der Waals surface area contributed by atoms with Gasteiger partial charge in [-0.05, 0) is 90.4 Å². The van der Waals surface area contributed by atoms with Gasteiger partial charge in [0.05, 0.1) is 38.6 Å². The van der Waals surface area contributed by atoms with Gasteiger partial charge >= 0.3 is 0 Å². The van der Waals surface area contributed by atoms with Crippen LogP contribution in [0.3, 0.4) is 0 Å². The molecule has 3 rings (SSSR count). The molecule has 17 unspecified atom stereocenters. The fraction of sp³-hybridized carbons (Fsp3) is 0.750. The van der Waals surface area contributed by atoms with Gasteiger partial charge in [0.1, 0.15) is 73.2 Å². The topological polar surface area (TPSA) is 307 Å². The van der Waals surface area contributed by atoms with Gasteiger partial charge < -0.3 is 89.9 Å². The summed E-state index contributed by atoms with van der Waals surface area (Å²) in [6, 6.07) is -0.998. The number of aliphatic hydroxyl groups excluding tert-OH is 11. The molecule has 19 nitrogen and oxygen atoms in total. The lowest BCUT2D eigenvalue weighted by atomic mass is 9.96. The summed E-state index contributed by atoms with van der Waals surface area (Å²) >= 11 is 0. The number of aliphatic hydroxyl groups is 11. The maximum absolute atomic E-state index is 13.3. The second-order valence-electron chi connectivity index (χ2n) is 25.7. The van der Waals surface area contributed by atoms with Crippen LogP contribution in [0.2, 0.25) is 0 Å². The van der Waals surface area contributed by atoms with Gasteiger partial charge in [-0.3, -0.25) is 4.79 Å². The number of unbranched alkanes of at least 4 members (excludes halogenated alkanes) is 24. The monoisotopic (exact) mass is 1340 g/mol. The minimum absolute atomic E-state index is 0.229. The van der Waals surface area contributed by atoms with Crippen molar-refractivity contribution in [1.82, 2.24) is 5.32 Å². The molecule has 3 aliphatic heterocycles. The molecule has 1 amide bonds. The number of allylic oxidation sites excluding steroid dienone is 17. The molecule has 546 valence electrons.